The number of aromatic nitrogens is 4. The summed E-state index contributed by atoms with van der Waals surface area (Å²) in [7, 11) is 0. The summed E-state index contributed by atoms with van der Waals surface area (Å²) in [5.74, 6) is -0.729. The van der Waals surface area contributed by atoms with Crippen LogP contribution in [0, 0.1) is 11.6 Å². The van der Waals surface area contributed by atoms with Crippen LogP contribution in [0.5, 0.6) is 0 Å². The lowest BCUT2D eigenvalue weighted by atomic mass is 10.1. The Morgan fingerprint density at radius 2 is 2.12 bits per heavy atom. The Hall–Kier alpha value is -2.54. The van der Waals surface area contributed by atoms with Crippen LogP contribution in [0.15, 0.2) is 30.3 Å². The SMILES string of the molecule is Fc1cccc(CN2CCc3cc(Cl)c(F)c(-c4nn[nH]n4)c32)c1. The van der Waals surface area contributed by atoms with E-state index >= 15 is 0 Å². The van der Waals surface area contributed by atoms with Gasteiger partial charge in [0.05, 0.1) is 16.3 Å². The summed E-state index contributed by atoms with van der Waals surface area (Å²) < 4.78 is 28.1. The molecule has 0 fully saturated rings. The topological polar surface area (TPSA) is 57.7 Å². The van der Waals surface area contributed by atoms with Gasteiger partial charge in [0.15, 0.2) is 5.82 Å². The number of hydrogen-bond donors (Lipinski definition) is 1. The molecule has 5 nitrogen and oxygen atoms in total. The summed E-state index contributed by atoms with van der Waals surface area (Å²) >= 11 is 6.01. The van der Waals surface area contributed by atoms with Crippen molar-refractivity contribution >= 4 is 17.3 Å². The van der Waals surface area contributed by atoms with Crippen LogP contribution in [0.25, 0.3) is 11.4 Å². The molecule has 1 aromatic heterocycles. The van der Waals surface area contributed by atoms with Crippen molar-refractivity contribution < 1.29 is 8.78 Å². The van der Waals surface area contributed by atoms with Gasteiger partial charge in [0.2, 0.25) is 5.82 Å². The van der Waals surface area contributed by atoms with Crippen molar-refractivity contribution in [2.45, 2.75) is 13.0 Å². The lowest BCUT2D eigenvalue weighted by molar-refractivity contribution is 0.624. The number of halogens is 3. The molecule has 0 spiro atoms. The number of fused-ring (bicyclic) bond motifs is 1. The van der Waals surface area contributed by atoms with Gasteiger partial charge in [0.25, 0.3) is 0 Å². The Labute approximate surface area is 141 Å². The third kappa shape index (κ3) is 2.50. The fourth-order valence-corrected chi connectivity index (χ4v) is 3.30. The smallest absolute Gasteiger partial charge is 0.209 e. The van der Waals surface area contributed by atoms with E-state index in [0.29, 0.717) is 18.8 Å². The summed E-state index contributed by atoms with van der Waals surface area (Å²) in [6.45, 7) is 1.13. The van der Waals surface area contributed by atoms with Crippen molar-refractivity contribution in [2.24, 2.45) is 0 Å². The minimum absolute atomic E-state index is 0.0288. The highest BCUT2D eigenvalue weighted by Gasteiger charge is 2.29. The molecule has 0 radical (unpaired) electrons. The lowest BCUT2D eigenvalue weighted by Gasteiger charge is -2.22. The number of aromatic amines is 1. The molecule has 8 heteroatoms. The van der Waals surface area contributed by atoms with Crippen molar-refractivity contribution in [2.75, 3.05) is 11.4 Å². The number of nitrogens with one attached hydrogen (secondary N) is 1. The first-order valence-corrected chi connectivity index (χ1v) is 7.75. The van der Waals surface area contributed by atoms with Crippen LogP contribution in [-0.4, -0.2) is 27.2 Å². The molecule has 0 saturated carbocycles. The van der Waals surface area contributed by atoms with Crippen molar-refractivity contribution in [1.82, 2.24) is 20.6 Å². The average Bonchev–Trinajstić information content (AvgIpc) is 3.20. The van der Waals surface area contributed by atoms with E-state index in [-0.39, 0.29) is 22.2 Å². The summed E-state index contributed by atoms with van der Waals surface area (Å²) in [5.41, 5.74) is 2.62. The Morgan fingerprint density at radius 1 is 1.25 bits per heavy atom. The molecule has 0 unspecified atom stereocenters. The molecule has 4 rings (SSSR count). The number of hydrogen-bond acceptors (Lipinski definition) is 4. The Balaban J connectivity index is 1.81. The Bertz CT molecular complexity index is 898. The highest BCUT2D eigenvalue weighted by molar-refractivity contribution is 6.31. The predicted octanol–water partition coefficient (Wildman–Crippen LogP) is 3.36. The molecule has 1 aliphatic heterocycles. The summed E-state index contributed by atoms with van der Waals surface area (Å²) in [6.07, 6.45) is 0.718. The van der Waals surface area contributed by atoms with Crippen LogP contribution < -0.4 is 4.90 Å². The zero-order valence-corrected chi connectivity index (χ0v) is 13.2. The van der Waals surface area contributed by atoms with E-state index in [9.17, 15) is 8.78 Å². The van der Waals surface area contributed by atoms with Crippen LogP contribution in [0.1, 0.15) is 11.1 Å². The fraction of sp³-hybridized carbons (Fsp3) is 0.188. The molecule has 0 bridgehead atoms. The van der Waals surface area contributed by atoms with Crippen LogP contribution in [-0.2, 0) is 13.0 Å². The Morgan fingerprint density at radius 3 is 2.88 bits per heavy atom. The zero-order chi connectivity index (χ0) is 16.7. The number of anilines is 1. The van der Waals surface area contributed by atoms with E-state index in [4.69, 9.17) is 11.6 Å². The molecule has 0 saturated heterocycles. The monoisotopic (exact) mass is 347 g/mol. The van der Waals surface area contributed by atoms with Gasteiger partial charge >= 0.3 is 0 Å². The second kappa shape index (κ2) is 5.83. The maximum Gasteiger partial charge on any atom is 0.209 e. The molecule has 0 aliphatic carbocycles. The lowest BCUT2D eigenvalue weighted by Crippen LogP contribution is -2.20. The highest BCUT2D eigenvalue weighted by Crippen LogP contribution is 2.42. The van der Waals surface area contributed by atoms with Gasteiger partial charge in [-0.1, -0.05) is 23.7 Å². The van der Waals surface area contributed by atoms with Crippen LogP contribution in [0.4, 0.5) is 14.5 Å². The molecule has 24 heavy (non-hydrogen) atoms. The van der Waals surface area contributed by atoms with Gasteiger partial charge in [0, 0.05) is 13.1 Å². The number of tetrazole rings is 1. The maximum atomic E-state index is 14.7. The first-order valence-electron chi connectivity index (χ1n) is 7.37. The standard InChI is InChI=1S/C16H12ClF2N5/c17-12-7-10-4-5-24(8-9-2-1-3-11(18)6-9)15(10)13(14(12)19)16-20-22-23-21-16/h1-3,6-7H,4-5,8H2,(H,20,21,22,23). The van der Waals surface area contributed by atoms with Crippen molar-refractivity contribution in [3.63, 3.8) is 0 Å². The molecule has 1 aliphatic rings. The molecule has 2 heterocycles. The van der Waals surface area contributed by atoms with Gasteiger partial charge in [-0.05, 0) is 41.0 Å². The molecule has 3 aromatic rings. The second-order valence-electron chi connectivity index (χ2n) is 5.59. The number of nitrogens with zero attached hydrogens (tertiary/aromatic N) is 4. The molecular formula is C16H12ClF2N5. The zero-order valence-electron chi connectivity index (χ0n) is 12.4. The molecule has 0 atom stereocenters. The van der Waals surface area contributed by atoms with E-state index < -0.39 is 5.82 Å². The highest BCUT2D eigenvalue weighted by atomic mass is 35.5. The summed E-state index contributed by atoms with van der Waals surface area (Å²) in [4.78, 5) is 1.98. The largest absolute Gasteiger partial charge is 0.366 e. The molecular weight excluding hydrogens is 336 g/mol. The normalized spacial score (nSPS) is 13.4. The number of H-pyrrole nitrogens is 1. The van der Waals surface area contributed by atoms with Crippen LogP contribution in [0.2, 0.25) is 5.02 Å². The maximum absolute atomic E-state index is 14.7. The van der Waals surface area contributed by atoms with Gasteiger partial charge in [-0.3, -0.25) is 0 Å². The minimum Gasteiger partial charge on any atom is -0.366 e. The quantitative estimate of drug-likeness (QED) is 0.789. The van der Waals surface area contributed by atoms with E-state index in [1.807, 2.05) is 11.0 Å². The molecule has 1 N–H and O–H groups in total. The van der Waals surface area contributed by atoms with Crippen molar-refractivity contribution in [3.8, 4) is 11.4 Å². The second-order valence-corrected chi connectivity index (χ2v) is 6.00. The van der Waals surface area contributed by atoms with E-state index in [1.54, 1.807) is 12.1 Å². The van der Waals surface area contributed by atoms with E-state index in [0.717, 1.165) is 17.5 Å². The molecule has 2 aromatic carbocycles. The van der Waals surface area contributed by atoms with Crippen LogP contribution >= 0.6 is 11.6 Å². The number of rotatable bonds is 3. The third-order valence-electron chi connectivity index (χ3n) is 4.07. The van der Waals surface area contributed by atoms with Gasteiger partial charge in [-0.25, -0.2) is 8.78 Å². The molecule has 0 amide bonds. The van der Waals surface area contributed by atoms with Gasteiger partial charge in [-0.2, -0.15) is 5.21 Å². The van der Waals surface area contributed by atoms with Gasteiger partial charge < -0.3 is 4.90 Å². The van der Waals surface area contributed by atoms with E-state index in [1.165, 1.54) is 12.1 Å². The Kier molecular flexibility index (Phi) is 3.65. The summed E-state index contributed by atoms with van der Waals surface area (Å²) in [6, 6.07) is 7.98. The fourth-order valence-electron chi connectivity index (χ4n) is 3.07. The number of benzene rings is 2. The average molecular weight is 348 g/mol. The summed E-state index contributed by atoms with van der Waals surface area (Å²) in [5, 5.41) is 13.6. The third-order valence-corrected chi connectivity index (χ3v) is 4.34. The van der Waals surface area contributed by atoms with E-state index in [2.05, 4.69) is 20.6 Å². The first-order chi connectivity index (χ1) is 11.6. The molecule has 122 valence electrons. The van der Waals surface area contributed by atoms with Crippen molar-refractivity contribution in [3.05, 3.63) is 58.1 Å². The predicted molar refractivity (Wildman–Crippen MR) is 85.7 cm³/mol. The van der Waals surface area contributed by atoms with Gasteiger partial charge in [-0.15, -0.1) is 10.2 Å². The van der Waals surface area contributed by atoms with Crippen LogP contribution in [0.3, 0.4) is 0 Å². The van der Waals surface area contributed by atoms with Crippen molar-refractivity contribution in [1.29, 1.82) is 0 Å². The first kappa shape index (κ1) is 15.0. The van der Waals surface area contributed by atoms with Gasteiger partial charge in [0.1, 0.15) is 5.82 Å². The minimum atomic E-state index is -0.581.